The van der Waals surface area contributed by atoms with Gasteiger partial charge in [-0.15, -0.1) is 13.2 Å². The maximum Gasteiger partial charge on any atom is 0.573 e. The first-order chi connectivity index (χ1) is 20.0. The van der Waals surface area contributed by atoms with Gasteiger partial charge in [0.15, 0.2) is 5.69 Å². The van der Waals surface area contributed by atoms with Crippen molar-refractivity contribution in [3.8, 4) is 28.7 Å². The van der Waals surface area contributed by atoms with Crippen LogP contribution in [-0.2, 0) is 12.7 Å². The highest BCUT2D eigenvalue weighted by molar-refractivity contribution is 5.91. The maximum absolute atomic E-state index is 12.9. The Morgan fingerprint density at radius 1 is 0.905 bits per heavy atom. The fourth-order valence-corrected chi connectivity index (χ4v) is 5.20. The van der Waals surface area contributed by atoms with E-state index in [2.05, 4.69) is 19.8 Å². The molecule has 218 valence electrons. The third-order valence-electron chi connectivity index (χ3n) is 7.10. The summed E-state index contributed by atoms with van der Waals surface area (Å²) in [6, 6.07) is 18.0. The van der Waals surface area contributed by atoms with Crippen molar-refractivity contribution in [2.75, 3.05) is 13.1 Å². The third-order valence-corrected chi connectivity index (χ3v) is 7.10. The molecule has 0 spiro atoms. The standard InChI is InChI=1S/C29H23F6N5O2/c30-28(31,32)20-11-7-18(8-12-20)16-39-15-3-4-21(17-39)40-24-6-2-1-5-23(24)25(37-40)27-36-26(38-42-27)19-9-13-22(14-10-19)41-29(33,34)35/h1-2,5-14,21H,3-4,15-17H2. The molecule has 3 aromatic carbocycles. The molecule has 3 heterocycles. The molecular formula is C29H23F6N5O2. The van der Waals surface area contributed by atoms with E-state index in [1.54, 1.807) is 0 Å². The lowest BCUT2D eigenvalue weighted by molar-refractivity contribution is -0.274. The van der Waals surface area contributed by atoms with Gasteiger partial charge in [-0.25, -0.2) is 0 Å². The molecule has 42 heavy (non-hydrogen) atoms. The Hall–Kier alpha value is -4.39. The van der Waals surface area contributed by atoms with Crippen molar-refractivity contribution in [3.05, 3.63) is 83.9 Å². The normalized spacial score (nSPS) is 16.7. The van der Waals surface area contributed by atoms with Gasteiger partial charge in [0.05, 0.1) is 17.1 Å². The van der Waals surface area contributed by atoms with Crippen LogP contribution in [0.3, 0.4) is 0 Å². The van der Waals surface area contributed by atoms with Crippen LogP contribution < -0.4 is 4.74 Å². The van der Waals surface area contributed by atoms with Gasteiger partial charge in [0, 0.05) is 24.0 Å². The average Bonchev–Trinajstić information content (AvgIpc) is 3.58. The molecule has 0 aliphatic carbocycles. The monoisotopic (exact) mass is 587 g/mol. The third kappa shape index (κ3) is 5.96. The second-order valence-electron chi connectivity index (χ2n) is 10.0. The van der Waals surface area contributed by atoms with Crippen molar-refractivity contribution in [2.24, 2.45) is 0 Å². The van der Waals surface area contributed by atoms with Crippen LogP contribution in [0, 0.1) is 0 Å². The quantitative estimate of drug-likeness (QED) is 0.192. The lowest BCUT2D eigenvalue weighted by Gasteiger charge is -2.33. The summed E-state index contributed by atoms with van der Waals surface area (Å²) in [5.41, 5.74) is 1.90. The van der Waals surface area contributed by atoms with Crippen molar-refractivity contribution < 1.29 is 35.6 Å². The fourth-order valence-electron chi connectivity index (χ4n) is 5.20. The minimum Gasteiger partial charge on any atom is -0.406 e. The first-order valence-corrected chi connectivity index (χ1v) is 13.1. The summed E-state index contributed by atoms with van der Waals surface area (Å²) in [7, 11) is 0. The maximum atomic E-state index is 12.9. The number of likely N-dealkylation sites (tertiary alicyclic amines) is 1. The van der Waals surface area contributed by atoms with Crippen molar-refractivity contribution >= 4 is 10.9 Å². The van der Waals surface area contributed by atoms with Gasteiger partial charge in [-0.1, -0.05) is 35.5 Å². The Morgan fingerprint density at radius 3 is 2.36 bits per heavy atom. The SMILES string of the molecule is FC(F)(F)Oc1ccc(-c2noc(-c3nn(C4CCCN(Cc5ccc(C(F)(F)F)cc5)C4)c4ccccc34)n2)cc1. The van der Waals surface area contributed by atoms with Crippen LogP contribution in [0.25, 0.3) is 33.9 Å². The zero-order valence-corrected chi connectivity index (χ0v) is 21.9. The highest BCUT2D eigenvalue weighted by Gasteiger charge is 2.32. The Kier molecular flexibility index (Phi) is 7.13. The highest BCUT2D eigenvalue weighted by Crippen LogP contribution is 2.34. The summed E-state index contributed by atoms with van der Waals surface area (Å²) in [4.78, 5) is 6.65. The number of nitrogens with zero attached hydrogens (tertiary/aromatic N) is 5. The van der Waals surface area contributed by atoms with Gasteiger partial charge in [0.1, 0.15) is 5.75 Å². The number of hydrogen-bond acceptors (Lipinski definition) is 6. The molecule has 0 saturated carbocycles. The molecule has 1 fully saturated rings. The van der Waals surface area contributed by atoms with Gasteiger partial charge in [-0.2, -0.15) is 23.3 Å². The van der Waals surface area contributed by atoms with Crippen LogP contribution >= 0.6 is 0 Å². The van der Waals surface area contributed by atoms with E-state index in [1.807, 2.05) is 28.9 Å². The van der Waals surface area contributed by atoms with Crippen molar-refractivity contribution in [1.29, 1.82) is 0 Å². The lowest BCUT2D eigenvalue weighted by Crippen LogP contribution is -2.36. The number of ether oxygens (including phenoxy) is 1. The number of halogens is 6. The molecule has 7 nitrogen and oxygen atoms in total. The summed E-state index contributed by atoms with van der Waals surface area (Å²) in [6.07, 6.45) is -7.43. The Morgan fingerprint density at radius 2 is 1.64 bits per heavy atom. The molecule has 1 atom stereocenters. The van der Waals surface area contributed by atoms with Crippen molar-refractivity contribution in [2.45, 2.75) is 38.0 Å². The zero-order valence-electron chi connectivity index (χ0n) is 21.9. The summed E-state index contributed by atoms with van der Waals surface area (Å²) in [5, 5.41) is 9.64. The van der Waals surface area contributed by atoms with Crippen LogP contribution in [-0.4, -0.2) is 44.3 Å². The van der Waals surface area contributed by atoms with Gasteiger partial charge in [-0.3, -0.25) is 9.58 Å². The van der Waals surface area contributed by atoms with Crippen LogP contribution in [0.15, 0.2) is 77.3 Å². The number of aromatic nitrogens is 4. The predicted octanol–water partition coefficient (Wildman–Crippen LogP) is 7.51. The molecular weight excluding hydrogens is 564 g/mol. The van der Waals surface area contributed by atoms with Gasteiger partial charge >= 0.3 is 12.5 Å². The van der Waals surface area contributed by atoms with Gasteiger partial charge in [0.25, 0.3) is 5.89 Å². The highest BCUT2D eigenvalue weighted by atomic mass is 19.4. The second kappa shape index (κ2) is 10.8. The molecule has 0 N–H and O–H groups in total. The minimum atomic E-state index is -4.79. The molecule has 0 radical (unpaired) electrons. The number of alkyl halides is 6. The molecule has 13 heteroatoms. The van der Waals surface area contributed by atoms with Crippen molar-refractivity contribution in [3.63, 3.8) is 0 Å². The zero-order chi connectivity index (χ0) is 29.5. The Balaban J connectivity index is 1.23. The van der Waals surface area contributed by atoms with E-state index < -0.39 is 18.1 Å². The summed E-state index contributed by atoms with van der Waals surface area (Å²) in [6.45, 7) is 1.97. The molecule has 1 saturated heterocycles. The van der Waals surface area contributed by atoms with E-state index in [0.717, 1.165) is 48.0 Å². The number of benzene rings is 3. The first kappa shape index (κ1) is 27.8. The van der Waals surface area contributed by atoms with Gasteiger partial charge in [-0.05, 0) is 67.4 Å². The number of rotatable bonds is 6. The van der Waals surface area contributed by atoms with Crippen LogP contribution in [0.5, 0.6) is 5.75 Å². The van der Waals surface area contributed by atoms with E-state index in [9.17, 15) is 26.3 Å². The molecule has 6 rings (SSSR count). The molecule has 0 bridgehead atoms. The lowest BCUT2D eigenvalue weighted by atomic mass is 10.0. The Labute approximate surface area is 235 Å². The molecule has 2 aromatic heterocycles. The number of fused-ring (bicyclic) bond motifs is 1. The topological polar surface area (TPSA) is 69.2 Å². The van der Waals surface area contributed by atoms with E-state index in [1.165, 1.54) is 36.4 Å². The molecule has 1 unspecified atom stereocenters. The minimum absolute atomic E-state index is 0.00424. The van der Waals surface area contributed by atoms with Crippen LogP contribution in [0.4, 0.5) is 26.3 Å². The van der Waals surface area contributed by atoms with E-state index >= 15 is 0 Å². The van der Waals surface area contributed by atoms with Gasteiger partial charge < -0.3 is 9.26 Å². The summed E-state index contributed by atoms with van der Waals surface area (Å²) < 4.78 is 87.6. The van der Waals surface area contributed by atoms with E-state index in [4.69, 9.17) is 9.62 Å². The summed E-state index contributed by atoms with van der Waals surface area (Å²) in [5.74, 6) is -0.0184. The predicted molar refractivity (Wildman–Crippen MR) is 140 cm³/mol. The smallest absolute Gasteiger partial charge is 0.406 e. The molecule has 1 aliphatic heterocycles. The first-order valence-electron chi connectivity index (χ1n) is 13.1. The largest absolute Gasteiger partial charge is 0.573 e. The number of hydrogen-bond donors (Lipinski definition) is 0. The average molecular weight is 588 g/mol. The van der Waals surface area contributed by atoms with Gasteiger partial charge in [0.2, 0.25) is 5.82 Å². The number of para-hydroxylation sites is 1. The van der Waals surface area contributed by atoms with E-state index in [-0.39, 0.29) is 23.5 Å². The molecule has 5 aromatic rings. The number of piperidine rings is 1. The molecule has 0 amide bonds. The Bertz CT molecular complexity index is 1680. The molecule has 1 aliphatic rings. The van der Waals surface area contributed by atoms with E-state index in [0.29, 0.717) is 24.3 Å². The fraction of sp³-hybridized carbons (Fsp3) is 0.276. The van der Waals surface area contributed by atoms with Crippen molar-refractivity contribution in [1.82, 2.24) is 24.8 Å². The summed E-state index contributed by atoms with van der Waals surface area (Å²) >= 11 is 0. The van der Waals surface area contributed by atoms with Crippen LogP contribution in [0.1, 0.15) is 30.0 Å². The van der Waals surface area contributed by atoms with Crippen LogP contribution in [0.2, 0.25) is 0 Å². The second-order valence-corrected chi connectivity index (χ2v) is 10.0.